The van der Waals surface area contributed by atoms with Crippen molar-refractivity contribution in [3.63, 3.8) is 0 Å². The number of carbonyl (C=O) groups excluding carboxylic acids is 2. The number of fused-ring (bicyclic) bond motifs is 4. The third-order valence-corrected chi connectivity index (χ3v) is 5.58. The van der Waals surface area contributed by atoms with Crippen LogP contribution in [-0.4, -0.2) is 52.1 Å². The van der Waals surface area contributed by atoms with Crippen molar-refractivity contribution in [2.45, 2.75) is 32.0 Å². The molecule has 164 valence electrons. The number of aromatic nitrogens is 3. The molecule has 0 spiro atoms. The van der Waals surface area contributed by atoms with E-state index in [9.17, 15) is 22.8 Å². The van der Waals surface area contributed by atoms with Gasteiger partial charge in [-0.3, -0.25) is 15.0 Å². The number of urea groups is 1. The molecule has 2 amide bonds. The summed E-state index contributed by atoms with van der Waals surface area (Å²) in [5.41, 5.74) is 0.533. The second-order valence-electron chi connectivity index (χ2n) is 7.52. The molecule has 8 nitrogen and oxygen atoms in total. The number of carbonyl (C=O) groups is 2. The van der Waals surface area contributed by atoms with Crippen molar-refractivity contribution in [1.29, 1.82) is 0 Å². The molecule has 31 heavy (non-hydrogen) atoms. The first-order valence-electron chi connectivity index (χ1n) is 9.57. The molecule has 0 unspecified atom stereocenters. The fourth-order valence-electron chi connectivity index (χ4n) is 3.70. The number of alkyl halides is 3. The number of ketones is 1. The zero-order chi connectivity index (χ0) is 22.3. The summed E-state index contributed by atoms with van der Waals surface area (Å²) in [6.45, 7) is 2.24. The van der Waals surface area contributed by atoms with Gasteiger partial charge in [-0.2, -0.15) is 13.2 Å². The molecule has 0 saturated carbocycles. The molecule has 4 heterocycles. The molecule has 2 aromatic heterocycles. The number of rotatable bonds is 4. The summed E-state index contributed by atoms with van der Waals surface area (Å²) in [5, 5.41) is 2.79. The normalized spacial score (nSPS) is 18.5. The Morgan fingerprint density at radius 1 is 1.32 bits per heavy atom. The van der Waals surface area contributed by atoms with Crippen LogP contribution in [0.2, 0.25) is 5.15 Å². The topological polar surface area (TPSA) is 91.3 Å². The third kappa shape index (κ3) is 4.27. The zero-order valence-electron chi connectivity index (χ0n) is 16.4. The first kappa shape index (κ1) is 21.3. The van der Waals surface area contributed by atoms with Gasteiger partial charge in [0.15, 0.2) is 11.6 Å². The highest BCUT2D eigenvalue weighted by Gasteiger charge is 2.41. The number of hydrogen-bond donors (Lipinski definition) is 1. The predicted octanol–water partition coefficient (Wildman–Crippen LogP) is 3.93. The maximum atomic E-state index is 13.0. The zero-order valence-corrected chi connectivity index (χ0v) is 17.1. The van der Waals surface area contributed by atoms with E-state index >= 15 is 0 Å². The smallest absolute Gasteiger partial charge is 0.366 e. The maximum absolute atomic E-state index is 13.0. The lowest BCUT2D eigenvalue weighted by Gasteiger charge is -2.35. The minimum absolute atomic E-state index is 0.111. The molecule has 1 fully saturated rings. The van der Waals surface area contributed by atoms with E-state index in [1.165, 1.54) is 23.4 Å². The van der Waals surface area contributed by atoms with Gasteiger partial charge in [0.1, 0.15) is 23.0 Å². The molecule has 12 heteroatoms. The van der Waals surface area contributed by atoms with Crippen molar-refractivity contribution in [3.8, 4) is 0 Å². The van der Waals surface area contributed by atoms with Gasteiger partial charge in [0.05, 0.1) is 17.6 Å². The minimum Gasteiger partial charge on any atom is -0.366 e. The molecule has 2 aliphatic rings. The van der Waals surface area contributed by atoms with Crippen LogP contribution in [0.15, 0.2) is 24.5 Å². The van der Waals surface area contributed by atoms with Gasteiger partial charge < -0.3 is 4.90 Å². The highest BCUT2D eigenvalue weighted by Crippen LogP contribution is 2.39. The van der Waals surface area contributed by atoms with Crippen molar-refractivity contribution < 1.29 is 22.8 Å². The summed E-state index contributed by atoms with van der Waals surface area (Å²) in [4.78, 5) is 40.9. The Morgan fingerprint density at radius 2 is 2.10 bits per heavy atom. The summed E-state index contributed by atoms with van der Waals surface area (Å²) >= 11 is 5.83. The molecule has 2 aromatic rings. The summed E-state index contributed by atoms with van der Waals surface area (Å²) in [6, 6.07) is 3.69. The SMILES string of the molecule is C[C@@H](CC(=O)c1ccc2c(n1)N(C(=O)Nc1cc(Cl)ncn1)[C@H]1CCN2C1)C(F)(F)F. The van der Waals surface area contributed by atoms with Gasteiger partial charge in [0.2, 0.25) is 0 Å². The van der Waals surface area contributed by atoms with E-state index in [-0.39, 0.29) is 28.5 Å². The minimum atomic E-state index is -4.47. The van der Waals surface area contributed by atoms with Gasteiger partial charge in [-0.15, -0.1) is 0 Å². The molecule has 2 aliphatic heterocycles. The number of Topliss-reactive ketones (excluding diaryl/α,β-unsaturated/α-hetero) is 1. The molecule has 0 aromatic carbocycles. The van der Waals surface area contributed by atoms with Gasteiger partial charge in [0, 0.05) is 25.6 Å². The van der Waals surface area contributed by atoms with Crippen molar-refractivity contribution in [2.75, 3.05) is 28.2 Å². The van der Waals surface area contributed by atoms with Crippen LogP contribution in [0, 0.1) is 5.92 Å². The Hall–Kier alpha value is -2.95. The number of anilines is 3. The van der Waals surface area contributed by atoms with Gasteiger partial charge in [-0.05, 0) is 18.6 Å². The van der Waals surface area contributed by atoms with E-state index in [1.807, 2.05) is 4.90 Å². The molecule has 2 atom stereocenters. The van der Waals surface area contributed by atoms with E-state index in [2.05, 4.69) is 20.3 Å². The average molecular weight is 455 g/mol. The third-order valence-electron chi connectivity index (χ3n) is 5.38. The van der Waals surface area contributed by atoms with Crippen molar-refractivity contribution in [2.24, 2.45) is 5.92 Å². The highest BCUT2D eigenvalue weighted by atomic mass is 35.5. The Labute approximate surface area is 180 Å². The summed E-state index contributed by atoms with van der Waals surface area (Å²) < 4.78 is 38.6. The van der Waals surface area contributed by atoms with Crippen molar-refractivity contribution in [3.05, 3.63) is 35.4 Å². The standard InChI is InChI=1S/C19H18ClF3N6O2/c1-10(19(21,22)23)6-14(30)12-2-3-13-17(26-12)29(11-4-5-28(13)8-11)18(31)27-16-7-15(20)24-9-25-16/h2-3,7,9-11H,4-6,8H2,1H3,(H,24,25,27,31)/t10-,11-/m0/s1. The molecular weight excluding hydrogens is 437 g/mol. The summed E-state index contributed by atoms with van der Waals surface area (Å²) in [6.07, 6.45) is -3.30. The van der Waals surface area contributed by atoms with Gasteiger partial charge in [-0.1, -0.05) is 18.5 Å². The van der Waals surface area contributed by atoms with Crippen LogP contribution in [0.1, 0.15) is 30.3 Å². The van der Waals surface area contributed by atoms with E-state index < -0.39 is 30.3 Å². The Kier molecular flexibility index (Phi) is 5.46. The summed E-state index contributed by atoms with van der Waals surface area (Å²) in [5.74, 6) is -2.10. The lowest BCUT2D eigenvalue weighted by atomic mass is 10.0. The fraction of sp³-hybridized carbons (Fsp3) is 0.421. The molecule has 2 bridgehead atoms. The van der Waals surface area contributed by atoms with Crippen molar-refractivity contribution in [1.82, 2.24) is 15.0 Å². The number of halogens is 4. The number of nitrogens with zero attached hydrogens (tertiary/aromatic N) is 5. The largest absolute Gasteiger partial charge is 0.391 e. The quantitative estimate of drug-likeness (QED) is 0.556. The molecular formula is C19H18ClF3N6O2. The number of nitrogens with one attached hydrogen (secondary N) is 1. The first-order valence-corrected chi connectivity index (χ1v) is 9.95. The highest BCUT2D eigenvalue weighted by molar-refractivity contribution is 6.29. The lowest BCUT2D eigenvalue weighted by Crippen LogP contribution is -2.48. The van der Waals surface area contributed by atoms with Crippen LogP contribution in [0.4, 0.5) is 35.3 Å². The Bertz CT molecular complexity index is 1030. The van der Waals surface area contributed by atoms with Gasteiger partial charge in [-0.25, -0.2) is 19.7 Å². The van der Waals surface area contributed by atoms with Gasteiger partial charge >= 0.3 is 12.2 Å². The second kappa shape index (κ2) is 7.95. The van der Waals surface area contributed by atoms with Gasteiger partial charge in [0.25, 0.3) is 0 Å². The van der Waals surface area contributed by atoms with Crippen LogP contribution < -0.4 is 15.1 Å². The number of hydrogen-bond acceptors (Lipinski definition) is 6. The molecule has 1 N–H and O–H groups in total. The number of pyridine rings is 1. The fourth-order valence-corrected chi connectivity index (χ4v) is 3.84. The van der Waals surface area contributed by atoms with E-state index in [4.69, 9.17) is 11.6 Å². The average Bonchev–Trinajstić information content (AvgIpc) is 3.11. The maximum Gasteiger partial charge on any atom is 0.391 e. The predicted molar refractivity (Wildman–Crippen MR) is 108 cm³/mol. The van der Waals surface area contributed by atoms with E-state index in [0.717, 1.165) is 6.92 Å². The van der Waals surface area contributed by atoms with Crippen LogP contribution in [0.3, 0.4) is 0 Å². The molecule has 0 radical (unpaired) electrons. The second-order valence-corrected chi connectivity index (χ2v) is 7.91. The van der Waals surface area contributed by atoms with E-state index in [0.29, 0.717) is 25.2 Å². The summed E-state index contributed by atoms with van der Waals surface area (Å²) in [7, 11) is 0. The van der Waals surface area contributed by atoms with Crippen molar-refractivity contribution >= 4 is 40.7 Å². The lowest BCUT2D eigenvalue weighted by molar-refractivity contribution is -0.168. The van der Waals surface area contributed by atoms with Crippen LogP contribution in [0.5, 0.6) is 0 Å². The molecule has 0 aliphatic carbocycles. The number of amides is 2. The molecule has 4 rings (SSSR count). The van der Waals surface area contributed by atoms with Crippen LogP contribution >= 0.6 is 11.6 Å². The van der Waals surface area contributed by atoms with Crippen LogP contribution in [0.25, 0.3) is 0 Å². The molecule has 1 saturated heterocycles. The van der Waals surface area contributed by atoms with E-state index in [1.54, 1.807) is 6.07 Å². The first-order chi connectivity index (χ1) is 14.6. The monoisotopic (exact) mass is 454 g/mol. The Balaban J connectivity index is 1.63. The Morgan fingerprint density at radius 3 is 2.81 bits per heavy atom. The van der Waals surface area contributed by atoms with Crippen LogP contribution in [-0.2, 0) is 0 Å².